The molecular formula is C19H17Cl3N2O4. The minimum Gasteiger partial charge on any atom is -0.492 e. The average molecular weight is 444 g/mol. The first-order valence-electron chi connectivity index (χ1n) is 8.39. The summed E-state index contributed by atoms with van der Waals surface area (Å²) < 4.78 is 9.13. The number of aryl methyl sites for hydroxylation is 1. The summed E-state index contributed by atoms with van der Waals surface area (Å²) >= 11 is 16.7. The van der Waals surface area contributed by atoms with E-state index in [4.69, 9.17) is 44.3 Å². The van der Waals surface area contributed by atoms with Crippen molar-refractivity contribution in [2.24, 2.45) is 0 Å². The summed E-state index contributed by atoms with van der Waals surface area (Å²) in [6.07, 6.45) is 0. The van der Waals surface area contributed by atoms with Crippen LogP contribution in [-0.4, -0.2) is 35.4 Å². The van der Waals surface area contributed by atoms with Crippen LogP contribution in [0.25, 0.3) is 0 Å². The van der Waals surface area contributed by atoms with E-state index in [1.807, 2.05) is 31.2 Å². The second-order valence-electron chi connectivity index (χ2n) is 6.13. The van der Waals surface area contributed by atoms with E-state index in [1.54, 1.807) is 23.1 Å². The molecule has 0 saturated carbocycles. The van der Waals surface area contributed by atoms with Crippen LogP contribution in [0.5, 0.6) is 11.5 Å². The number of carbonyl (C=O) groups excluding carboxylic acids is 2. The van der Waals surface area contributed by atoms with Gasteiger partial charge in [0.15, 0.2) is 6.61 Å². The Balaban J connectivity index is 1.69. The zero-order valence-electron chi connectivity index (χ0n) is 14.9. The number of hydrogen-bond acceptors (Lipinski definition) is 4. The molecule has 0 aromatic heterocycles. The van der Waals surface area contributed by atoms with Gasteiger partial charge >= 0.3 is 0 Å². The number of alkyl halides is 3. The molecule has 148 valence electrons. The minimum atomic E-state index is -2.08. The largest absolute Gasteiger partial charge is 0.492 e. The molecule has 0 radical (unpaired) electrons. The molecular weight excluding hydrogens is 427 g/mol. The monoisotopic (exact) mass is 442 g/mol. The van der Waals surface area contributed by atoms with Crippen LogP contribution in [0, 0.1) is 6.92 Å². The van der Waals surface area contributed by atoms with E-state index in [2.05, 4.69) is 5.32 Å². The summed E-state index contributed by atoms with van der Waals surface area (Å²) in [5.41, 5.74) is 2.06. The summed E-state index contributed by atoms with van der Waals surface area (Å²) in [4.78, 5) is 25.6. The maximum Gasteiger partial charge on any atom is 0.276 e. The molecule has 1 N–H and O–H groups in total. The van der Waals surface area contributed by atoms with Crippen LogP contribution in [0.1, 0.15) is 5.56 Å². The molecule has 28 heavy (non-hydrogen) atoms. The number of anilines is 2. The van der Waals surface area contributed by atoms with Gasteiger partial charge in [-0.1, -0.05) is 46.9 Å². The van der Waals surface area contributed by atoms with Crippen LogP contribution >= 0.6 is 34.8 Å². The zero-order chi connectivity index (χ0) is 20.3. The Morgan fingerprint density at radius 2 is 2.04 bits per heavy atom. The molecule has 0 bridgehead atoms. The third-order valence-electron chi connectivity index (χ3n) is 3.99. The van der Waals surface area contributed by atoms with E-state index in [0.29, 0.717) is 30.3 Å². The number of benzene rings is 2. The van der Waals surface area contributed by atoms with Gasteiger partial charge in [-0.25, -0.2) is 0 Å². The topological polar surface area (TPSA) is 67.9 Å². The molecule has 0 unspecified atom stereocenters. The van der Waals surface area contributed by atoms with Crippen molar-refractivity contribution in [3.8, 4) is 11.5 Å². The highest BCUT2D eigenvalue weighted by Gasteiger charge is 2.31. The van der Waals surface area contributed by atoms with E-state index >= 15 is 0 Å². The summed E-state index contributed by atoms with van der Waals surface area (Å²) in [7, 11) is 0. The number of amides is 2. The lowest BCUT2D eigenvalue weighted by Crippen LogP contribution is -2.41. The van der Waals surface area contributed by atoms with Crippen LogP contribution in [0.15, 0.2) is 42.5 Å². The highest BCUT2D eigenvalue weighted by atomic mass is 35.6. The predicted octanol–water partition coefficient (Wildman–Crippen LogP) is 4.11. The lowest BCUT2D eigenvalue weighted by Gasteiger charge is -2.29. The van der Waals surface area contributed by atoms with Gasteiger partial charge in [-0.15, -0.1) is 0 Å². The Labute approximate surface area is 177 Å². The van der Waals surface area contributed by atoms with Crippen molar-refractivity contribution < 1.29 is 19.1 Å². The van der Waals surface area contributed by atoms with E-state index in [9.17, 15) is 9.59 Å². The molecule has 1 aliphatic rings. The van der Waals surface area contributed by atoms with Gasteiger partial charge in [-0.3, -0.25) is 9.59 Å². The molecule has 2 amide bonds. The molecule has 6 nitrogen and oxygen atoms in total. The van der Waals surface area contributed by atoms with Gasteiger partial charge in [-0.2, -0.15) is 0 Å². The van der Waals surface area contributed by atoms with Gasteiger partial charge in [-0.05, 0) is 36.8 Å². The van der Waals surface area contributed by atoms with Crippen LogP contribution in [0.3, 0.4) is 0 Å². The maximum atomic E-state index is 12.3. The molecule has 0 saturated heterocycles. The van der Waals surface area contributed by atoms with Crippen molar-refractivity contribution in [1.29, 1.82) is 0 Å². The molecule has 0 spiro atoms. The Kier molecular flexibility index (Phi) is 6.23. The van der Waals surface area contributed by atoms with Crippen LogP contribution in [-0.2, 0) is 9.59 Å². The second-order valence-corrected chi connectivity index (χ2v) is 8.41. The first-order chi connectivity index (χ1) is 13.2. The number of nitrogens with zero attached hydrogens (tertiary/aromatic N) is 1. The first kappa shape index (κ1) is 20.6. The Bertz CT molecular complexity index is 899. The van der Waals surface area contributed by atoms with Gasteiger partial charge in [0.1, 0.15) is 18.1 Å². The minimum absolute atomic E-state index is 0.112. The molecule has 2 aromatic rings. The molecule has 0 aliphatic carbocycles. The predicted molar refractivity (Wildman–Crippen MR) is 110 cm³/mol. The lowest BCUT2D eigenvalue weighted by molar-refractivity contribution is -0.121. The van der Waals surface area contributed by atoms with Crippen LogP contribution < -0.4 is 19.7 Å². The normalized spacial score (nSPS) is 13.6. The third kappa shape index (κ3) is 5.01. The molecule has 3 rings (SSSR count). The summed E-state index contributed by atoms with van der Waals surface area (Å²) in [5, 5.41) is 2.49. The van der Waals surface area contributed by atoms with Crippen molar-refractivity contribution in [1.82, 2.24) is 0 Å². The fourth-order valence-electron chi connectivity index (χ4n) is 2.69. The maximum absolute atomic E-state index is 12.3. The van der Waals surface area contributed by atoms with Crippen LogP contribution in [0.4, 0.5) is 11.4 Å². The molecule has 1 heterocycles. The first-order valence-corrected chi connectivity index (χ1v) is 9.52. The molecule has 0 atom stereocenters. The van der Waals surface area contributed by atoms with Crippen molar-refractivity contribution in [2.45, 2.75) is 10.7 Å². The molecule has 9 heteroatoms. The van der Waals surface area contributed by atoms with Crippen LogP contribution in [0.2, 0.25) is 0 Å². The number of ether oxygens (including phenoxy) is 2. The van der Waals surface area contributed by atoms with Crippen molar-refractivity contribution in [2.75, 3.05) is 30.0 Å². The van der Waals surface area contributed by atoms with Gasteiger partial charge in [0.05, 0.1) is 12.2 Å². The number of nitrogens with one attached hydrogen (secondary N) is 1. The Morgan fingerprint density at radius 3 is 2.75 bits per heavy atom. The number of rotatable bonds is 5. The van der Waals surface area contributed by atoms with Gasteiger partial charge in [0.2, 0.25) is 0 Å². The summed E-state index contributed by atoms with van der Waals surface area (Å²) in [6, 6.07) is 12.5. The highest BCUT2D eigenvalue weighted by Crippen LogP contribution is 2.35. The number of hydrogen-bond donors (Lipinski definition) is 1. The third-order valence-corrected chi connectivity index (χ3v) is 4.51. The van der Waals surface area contributed by atoms with Crippen molar-refractivity contribution in [3.05, 3.63) is 48.0 Å². The van der Waals surface area contributed by atoms with E-state index < -0.39 is 9.70 Å². The highest BCUT2D eigenvalue weighted by molar-refractivity contribution is 6.76. The lowest BCUT2D eigenvalue weighted by atomic mass is 10.2. The molecule has 0 fully saturated rings. The van der Waals surface area contributed by atoms with Gasteiger partial charge in [0.25, 0.3) is 15.6 Å². The number of carbonyl (C=O) groups is 2. The Morgan fingerprint density at radius 1 is 1.25 bits per heavy atom. The smallest absolute Gasteiger partial charge is 0.276 e. The molecule has 1 aliphatic heterocycles. The number of fused-ring (bicyclic) bond motifs is 1. The fourth-order valence-corrected chi connectivity index (χ4v) is 2.83. The second kappa shape index (κ2) is 8.47. The zero-order valence-corrected chi connectivity index (χ0v) is 17.1. The molecule has 2 aromatic carbocycles. The van der Waals surface area contributed by atoms with Crippen molar-refractivity contribution >= 4 is 58.0 Å². The quantitative estimate of drug-likeness (QED) is 0.706. The SMILES string of the molecule is Cc1cccc(OCCN2C(=O)COc3cc(NC(=O)C(Cl)(Cl)Cl)ccc32)c1. The average Bonchev–Trinajstić information content (AvgIpc) is 2.63. The van der Waals surface area contributed by atoms with Gasteiger partial charge in [0, 0.05) is 11.8 Å². The van der Waals surface area contributed by atoms with Crippen molar-refractivity contribution in [3.63, 3.8) is 0 Å². The summed E-state index contributed by atoms with van der Waals surface area (Å²) in [6.45, 7) is 2.54. The van der Waals surface area contributed by atoms with E-state index in [-0.39, 0.29) is 12.5 Å². The summed E-state index contributed by atoms with van der Waals surface area (Å²) in [5.74, 6) is 0.217. The standard InChI is InChI=1S/C19H17Cl3N2O4/c1-12-3-2-4-14(9-12)27-8-7-24-15-6-5-13(23-18(26)19(20,21)22)10-16(15)28-11-17(24)25/h2-6,9-10H,7-8,11H2,1H3,(H,23,26). The fraction of sp³-hybridized carbons (Fsp3) is 0.263. The van der Waals surface area contributed by atoms with E-state index in [1.165, 1.54) is 0 Å². The number of halogens is 3. The van der Waals surface area contributed by atoms with E-state index in [0.717, 1.165) is 11.3 Å². The van der Waals surface area contributed by atoms with Gasteiger partial charge < -0.3 is 19.7 Å². The Hall–Kier alpha value is -2.15.